The molecule has 0 aromatic rings. The second-order valence-corrected chi connectivity index (χ2v) is 0.525. The summed E-state index contributed by atoms with van der Waals surface area (Å²) in [6.07, 6.45) is 6.27. The number of carbonyl (C=O) groups excluding carboxylic acids is 1. The van der Waals surface area contributed by atoms with Gasteiger partial charge in [-0.1, -0.05) is 5.92 Å². The summed E-state index contributed by atoms with van der Waals surface area (Å²) in [5.74, 6) is 2.09. The van der Waals surface area contributed by atoms with Crippen LogP contribution in [0.3, 0.4) is 0 Å². The summed E-state index contributed by atoms with van der Waals surface area (Å²) in [7, 11) is 0. The highest BCUT2D eigenvalue weighted by atomic mass is 16.1. The molecule has 0 saturated heterocycles. The van der Waals surface area contributed by atoms with Gasteiger partial charge >= 0.3 is 0 Å². The molecule has 0 aliphatic heterocycles. The van der Waals surface area contributed by atoms with Gasteiger partial charge in [-0.2, -0.15) is 0 Å². The van der Waals surface area contributed by atoms with Crippen molar-refractivity contribution in [1.29, 1.82) is 0 Å². The minimum Gasteiger partial charge on any atom is -0.290 e. The van der Waals surface area contributed by atoms with Crippen LogP contribution in [0.4, 0.5) is 0 Å². The van der Waals surface area contributed by atoms with Crippen molar-refractivity contribution in [2.24, 2.45) is 0 Å². The average molecular weight is 67.1 g/mol. The van der Waals surface area contributed by atoms with Crippen molar-refractivity contribution in [3.63, 3.8) is 0 Å². The largest absolute Gasteiger partial charge is 0.290 e. The Morgan fingerprint density at radius 2 is 2.40 bits per heavy atom. The van der Waals surface area contributed by atoms with Crippen molar-refractivity contribution in [1.82, 2.24) is 0 Å². The van der Waals surface area contributed by atoms with Crippen LogP contribution in [-0.4, -0.2) is 6.29 Å². The maximum atomic E-state index is 9.14. The molecule has 0 bridgehead atoms. The van der Waals surface area contributed by atoms with E-state index in [1.165, 1.54) is 6.29 Å². The minimum atomic E-state index is 0.111. The van der Waals surface area contributed by atoms with Gasteiger partial charge in [-0.25, -0.2) is 0 Å². The Hall–Kier alpha value is -0.770. The van der Waals surface area contributed by atoms with Gasteiger partial charge in [-0.3, -0.25) is 4.79 Å². The number of hydrogen-bond donors (Lipinski definition) is 0. The zero-order chi connectivity index (χ0) is 4.12. The van der Waals surface area contributed by atoms with E-state index in [0.717, 1.165) is 0 Å². The molecule has 0 saturated carbocycles. The summed E-state index contributed by atoms with van der Waals surface area (Å²) in [5.41, 5.74) is 0. The molecule has 0 fully saturated rings. The van der Waals surface area contributed by atoms with Crippen LogP contribution < -0.4 is 0 Å². The SMILES string of the molecule is C#CC[C]=O. The van der Waals surface area contributed by atoms with Crippen molar-refractivity contribution in [2.45, 2.75) is 6.42 Å². The standard InChI is InChI=1S/C4H3O/c1-2-3-4-5/h1H,3H2. The number of rotatable bonds is 1. The Kier molecular flexibility index (Phi) is 2.73. The van der Waals surface area contributed by atoms with Gasteiger partial charge in [0, 0.05) is 0 Å². The first-order valence-electron chi connectivity index (χ1n) is 1.20. The van der Waals surface area contributed by atoms with Crippen LogP contribution in [0.2, 0.25) is 0 Å². The predicted octanol–water partition coefficient (Wildman–Crippen LogP) is 0.119. The van der Waals surface area contributed by atoms with Crippen molar-refractivity contribution in [3.05, 3.63) is 0 Å². The smallest absolute Gasteiger partial charge is 0.211 e. The molecule has 0 aromatic carbocycles. The highest BCUT2D eigenvalue weighted by Crippen LogP contribution is 1.55. The molecule has 0 aliphatic carbocycles. The molecule has 1 heteroatoms. The Morgan fingerprint density at radius 3 is 2.40 bits per heavy atom. The second-order valence-electron chi connectivity index (χ2n) is 0.525. The zero-order valence-corrected chi connectivity index (χ0v) is 2.69. The molecule has 0 amide bonds. The van der Waals surface area contributed by atoms with Crippen molar-refractivity contribution in [2.75, 3.05) is 0 Å². The lowest BCUT2D eigenvalue weighted by molar-refractivity contribution is 0.556. The average Bonchev–Trinajstić information content (AvgIpc) is 1.41. The molecule has 0 rings (SSSR count). The van der Waals surface area contributed by atoms with E-state index in [-0.39, 0.29) is 6.42 Å². The molecule has 0 aliphatic rings. The quantitative estimate of drug-likeness (QED) is 0.398. The first-order valence-corrected chi connectivity index (χ1v) is 1.20. The van der Waals surface area contributed by atoms with Crippen LogP contribution in [0.15, 0.2) is 0 Å². The third-order valence-electron chi connectivity index (χ3n) is 0.174. The van der Waals surface area contributed by atoms with Gasteiger partial charge in [0.15, 0.2) is 0 Å². The van der Waals surface area contributed by atoms with Gasteiger partial charge in [0.05, 0.1) is 6.42 Å². The highest BCUT2D eigenvalue weighted by molar-refractivity contribution is 5.54. The van der Waals surface area contributed by atoms with Gasteiger partial charge in [0.1, 0.15) is 0 Å². The van der Waals surface area contributed by atoms with Crippen LogP contribution in [0.25, 0.3) is 0 Å². The van der Waals surface area contributed by atoms with E-state index in [0.29, 0.717) is 0 Å². The van der Waals surface area contributed by atoms with E-state index in [4.69, 9.17) is 4.79 Å². The lowest BCUT2D eigenvalue weighted by Crippen LogP contribution is -1.60. The second kappa shape index (κ2) is 3.23. The Bertz CT molecular complexity index is 58.5. The summed E-state index contributed by atoms with van der Waals surface area (Å²) in [6, 6.07) is 0. The molecule has 25 valence electrons. The van der Waals surface area contributed by atoms with E-state index in [2.05, 4.69) is 12.3 Å². The van der Waals surface area contributed by atoms with Crippen molar-refractivity contribution in [3.8, 4) is 12.3 Å². The van der Waals surface area contributed by atoms with Gasteiger partial charge in [-0.05, 0) is 0 Å². The Balaban J connectivity index is 2.75. The Labute approximate surface area is 31.0 Å². The molecule has 0 atom stereocenters. The lowest BCUT2D eigenvalue weighted by Gasteiger charge is -1.52. The predicted molar refractivity (Wildman–Crippen MR) is 19.1 cm³/mol. The van der Waals surface area contributed by atoms with Crippen molar-refractivity contribution >= 4 is 6.29 Å². The third-order valence-corrected chi connectivity index (χ3v) is 0.174. The first kappa shape index (κ1) is 4.23. The van der Waals surface area contributed by atoms with Gasteiger partial charge in [0.2, 0.25) is 6.29 Å². The van der Waals surface area contributed by atoms with Gasteiger partial charge < -0.3 is 0 Å². The van der Waals surface area contributed by atoms with Crippen molar-refractivity contribution < 1.29 is 4.79 Å². The molecule has 0 N–H and O–H groups in total. The fourth-order valence-corrected chi connectivity index (χ4v) is 0.0417. The molecule has 1 radical (unpaired) electrons. The fourth-order valence-electron chi connectivity index (χ4n) is 0.0417. The van der Waals surface area contributed by atoms with E-state index < -0.39 is 0 Å². The molecule has 5 heavy (non-hydrogen) atoms. The van der Waals surface area contributed by atoms with Crippen LogP contribution in [0.1, 0.15) is 6.42 Å². The summed E-state index contributed by atoms with van der Waals surface area (Å²) in [5, 5.41) is 0. The van der Waals surface area contributed by atoms with Gasteiger partial charge in [-0.15, -0.1) is 6.42 Å². The highest BCUT2D eigenvalue weighted by Gasteiger charge is 1.61. The van der Waals surface area contributed by atoms with Gasteiger partial charge in [0.25, 0.3) is 0 Å². The molecule has 1 nitrogen and oxygen atoms in total. The molecular weight excluding hydrogens is 64.0 g/mol. The van der Waals surface area contributed by atoms with Crippen LogP contribution in [0, 0.1) is 12.3 Å². The van der Waals surface area contributed by atoms with Crippen LogP contribution in [0.5, 0.6) is 0 Å². The normalized spacial score (nSPS) is 5.40. The lowest BCUT2D eigenvalue weighted by atomic mass is 10.5. The molecule has 0 aromatic heterocycles. The maximum Gasteiger partial charge on any atom is 0.211 e. The summed E-state index contributed by atoms with van der Waals surface area (Å²) in [6.45, 7) is 0. The van der Waals surface area contributed by atoms with E-state index in [1.54, 1.807) is 0 Å². The molecule has 0 unspecified atom stereocenters. The molecule has 0 spiro atoms. The van der Waals surface area contributed by atoms with Crippen LogP contribution >= 0.6 is 0 Å². The minimum absolute atomic E-state index is 0.111. The van der Waals surface area contributed by atoms with E-state index >= 15 is 0 Å². The zero-order valence-electron chi connectivity index (χ0n) is 2.69. The maximum absolute atomic E-state index is 9.14. The number of terminal acetylenes is 1. The monoisotopic (exact) mass is 67.0 g/mol. The van der Waals surface area contributed by atoms with E-state index in [1.807, 2.05) is 0 Å². The summed E-state index contributed by atoms with van der Waals surface area (Å²) in [4.78, 5) is 9.14. The molecule has 0 heterocycles. The number of hydrogen-bond acceptors (Lipinski definition) is 1. The van der Waals surface area contributed by atoms with Crippen LogP contribution in [-0.2, 0) is 4.79 Å². The van der Waals surface area contributed by atoms with E-state index in [9.17, 15) is 0 Å². The first-order chi connectivity index (χ1) is 2.41. The topological polar surface area (TPSA) is 17.1 Å². The summed E-state index contributed by atoms with van der Waals surface area (Å²) < 4.78 is 0. The third kappa shape index (κ3) is 3.23. The summed E-state index contributed by atoms with van der Waals surface area (Å²) >= 11 is 0. The fraction of sp³-hybridized carbons (Fsp3) is 0.250. The Morgan fingerprint density at radius 1 is 1.80 bits per heavy atom. The molecular formula is C4H3O.